The van der Waals surface area contributed by atoms with Crippen LogP contribution < -0.4 is 5.73 Å². The molecular weight excluding hydrogens is 285 g/mol. The van der Waals surface area contributed by atoms with E-state index in [1.165, 1.54) is 34.8 Å². The van der Waals surface area contributed by atoms with Gasteiger partial charge in [-0.05, 0) is 71.9 Å². The molecule has 2 heteroatoms. The van der Waals surface area contributed by atoms with E-state index in [0.29, 0.717) is 6.04 Å². The minimum Gasteiger partial charge on any atom is -0.328 e. The standard InChI is InChI=1S/C12H16IN/c13-11-4-1-9(2-5-11)7-10-3-6-12(14)8-10/h1-2,4-5,10,12H,3,6-8,14H2. The molecule has 0 aromatic heterocycles. The van der Waals surface area contributed by atoms with Crippen LogP contribution in [0.15, 0.2) is 24.3 Å². The minimum atomic E-state index is 0.462. The van der Waals surface area contributed by atoms with Gasteiger partial charge in [-0.2, -0.15) is 0 Å². The maximum absolute atomic E-state index is 5.90. The van der Waals surface area contributed by atoms with Crippen LogP contribution in [0.3, 0.4) is 0 Å². The topological polar surface area (TPSA) is 26.0 Å². The summed E-state index contributed by atoms with van der Waals surface area (Å²) in [5.74, 6) is 0.824. The van der Waals surface area contributed by atoms with Crippen molar-refractivity contribution in [2.45, 2.75) is 31.7 Å². The lowest BCUT2D eigenvalue weighted by molar-refractivity contribution is 0.535. The largest absolute Gasteiger partial charge is 0.328 e. The quantitative estimate of drug-likeness (QED) is 0.835. The van der Waals surface area contributed by atoms with Crippen LogP contribution in [0.25, 0.3) is 0 Å². The minimum absolute atomic E-state index is 0.462. The van der Waals surface area contributed by atoms with Crippen LogP contribution in [0.1, 0.15) is 24.8 Å². The lowest BCUT2D eigenvalue weighted by Gasteiger charge is -2.09. The number of nitrogens with two attached hydrogens (primary N) is 1. The molecule has 2 rings (SSSR count). The Morgan fingerprint density at radius 1 is 1.21 bits per heavy atom. The van der Waals surface area contributed by atoms with E-state index < -0.39 is 0 Å². The first-order valence-corrected chi connectivity index (χ1v) is 6.32. The van der Waals surface area contributed by atoms with Crippen LogP contribution in [0.2, 0.25) is 0 Å². The van der Waals surface area contributed by atoms with Crippen molar-refractivity contribution in [2.75, 3.05) is 0 Å². The van der Waals surface area contributed by atoms with Gasteiger partial charge < -0.3 is 5.73 Å². The van der Waals surface area contributed by atoms with E-state index >= 15 is 0 Å². The van der Waals surface area contributed by atoms with E-state index in [9.17, 15) is 0 Å². The highest BCUT2D eigenvalue weighted by atomic mass is 127. The van der Waals surface area contributed by atoms with Gasteiger partial charge in [0.05, 0.1) is 0 Å². The van der Waals surface area contributed by atoms with Crippen molar-refractivity contribution in [3.8, 4) is 0 Å². The molecule has 0 aliphatic heterocycles. The van der Waals surface area contributed by atoms with E-state index in [1.807, 2.05) is 0 Å². The number of hydrogen-bond acceptors (Lipinski definition) is 1. The molecule has 0 saturated heterocycles. The van der Waals surface area contributed by atoms with Crippen LogP contribution in [-0.2, 0) is 6.42 Å². The lowest BCUT2D eigenvalue weighted by atomic mass is 9.98. The molecule has 1 aromatic rings. The summed E-state index contributed by atoms with van der Waals surface area (Å²) in [6.45, 7) is 0. The van der Waals surface area contributed by atoms with Crippen molar-refractivity contribution < 1.29 is 0 Å². The Morgan fingerprint density at radius 3 is 2.50 bits per heavy atom. The van der Waals surface area contributed by atoms with Crippen molar-refractivity contribution >= 4 is 22.6 Å². The molecule has 0 radical (unpaired) electrons. The summed E-state index contributed by atoms with van der Waals surface area (Å²) < 4.78 is 1.31. The molecule has 0 bridgehead atoms. The third-order valence-electron chi connectivity index (χ3n) is 3.02. The molecule has 0 amide bonds. The number of benzene rings is 1. The van der Waals surface area contributed by atoms with E-state index in [-0.39, 0.29) is 0 Å². The van der Waals surface area contributed by atoms with Gasteiger partial charge in [-0.3, -0.25) is 0 Å². The summed E-state index contributed by atoms with van der Waals surface area (Å²) in [7, 11) is 0. The monoisotopic (exact) mass is 301 g/mol. The third kappa shape index (κ3) is 2.70. The molecule has 1 aliphatic carbocycles. The van der Waals surface area contributed by atoms with E-state index in [4.69, 9.17) is 5.73 Å². The third-order valence-corrected chi connectivity index (χ3v) is 3.74. The van der Waals surface area contributed by atoms with Gasteiger partial charge in [-0.1, -0.05) is 12.1 Å². The van der Waals surface area contributed by atoms with Crippen LogP contribution in [0.5, 0.6) is 0 Å². The highest BCUT2D eigenvalue weighted by Crippen LogP contribution is 2.27. The van der Waals surface area contributed by atoms with Gasteiger partial charge in [-0.15, -0.1) is 0 Å². The molecule has 1 aliphatic rings. The van der Waals surface area contributed by atoms with E-state index in [1.54, 1.807) is 0 Å². The van der Waals surface area contributed by atoms with E-state index in [0.717, 1.165) is 5.92 Å². The Labute approximate surface area is 99.2 Å². The summed E-state index contributed by atoms with van der Waals surface area (Å²) in [5, 5.41) is 0. The fraction of sp³-hybridized carbons (Fsp3) is 0.500. The van der Waals surface area contributed by atoms with Gasteiger partial charge in [-0.25, -0.2) is 0 Å². The average Bonchev–Trinajstić information content (AvgIpc) is 2.56. The summed E-state index contributed by atoms with van der Waals surface area (Å²) in [6.07, 6.45) is 4.96. The first-order chi connectivity index (χ1) is 6.74. The fourth-order valence-corrected chi connectivity index (χ4v) is 2.61. The summed E-state index contributed by atoms with van der Waals surface area (Å²) in [5.41, 5.74) is 7.36. The zero-order valence-electron chi connectivity index (χ0n) is 8.25. The Bertz CT molecular complexity index is 294. The first kappa shape index (κ1) is 10.4. The van der Waals surface area contributed by atoms with Crippen molar-refractivity contribution in [1.82, 2.24) is 0 Å². The van der Waals surface area contributed by atoms with Crippen LogP contribution in [0, 0.1) is 9.49 Å². The van der Waals surface area contributed by atoms with Crippen LogP contribution in [-0.4, -0.2) is 6.04 Å². The number of halogens is 1. The predicted molar refractivity (Wildman–Crippen MR) is 68.2 cm³/mol. The van der Waals surface area contributed by atoms with E-state index in [2.05, 4.69) is 46.9 Å². The Morgan fingerprint density at radius 2 is 1.93 bits per heavy atom. The molecule has 2 atom stereocenters. The lowest BCUT2D eigenvalue weighted by Crippen LogP contribution is -2.15. The van der Waals surface area contributed by atoms with Gasteiger partial charge in [0.1, 0.15) is 0 Å². The van der Waals surface area contributed by atoms with Crippen molar-refractivity contribution in [2.24, 2.45) is 11.7 Å². The fourth-order valence-electron chi connectivity index (χ4n) is 2.25. The molecule has 2 unspecified atom stereocenters. The van der Waals surface area contributed by atoms with Gasteiger partial charge in [0, 0.05) is 9.61 Å². The summed E-state index contributed by atoms with van der Waals surface area (Å²) in [6, 6.07) is 9.32. The second kappa shape index (κ2) is 4.62. The zero-order chi connectivity index (χ0) is 9.97. The molecular formula is C12H16IN. The van der Waals surface area contributed by atoms with Gasteiger partial charge >= 0.3 is 0 Å². The molecule has 1 fully saturated rings. The Balaban J connectivity index is 1.94. The van der Waals surface area contributed by atoms with Crippen molar-refractivity contribution in [3.63, 3.8) is 0 Å². The van der Waals surface area contributed by atoms with Gasteiger partial charge in [0.15, 0.2) is 0 Å². The highest BCUT2D eigenvalue weighted by Gasteiger charge is 2.21. The van der Waals surface area contributed by atoms with Crippen LogP contribution >= 0.6 is 22.6 Å². The molecule has 1 nitrogen and oxygen atoms in total. The maximum atomic E-state index is 5.90. The van der Waals surface area contributed by atoms with Crippen molar-refractivity contribution in [3.05, 3.63) is 33.4 Å². The average molecular weight is 301 g/mol. The van der Waals surface area contributed by atoms with Crippen molar-refractivity contribution in [1.29, 1.82) is 0 Å². The number of rotatable bonds is 2. The molecule has 14 heavy (non-hydrogen) atoms. The number of hydrogen-bond donors (Lipinski definition) is 1. The first-order valence-electron chi connectivity index (χ1n) is 5.24. The van der Waals surface area contributed by atoms with Gasteiger partial charge in [0.2, 0.25) is 0 Å². The molecule has 1 aromatic carbocycles. The maximum Gasteiger partial charge on any atom is 0.0130 e. The smallest absolute Gasteiger partial charge is 0.0130 e. The highest BCUT2D eigenvalue weighted by molar-refractivity contribution is 14.1. The second-order valence-electron chi connectivity index (χ2n) is 4.27. The molecule has 0 heterocycles. The van der Waals surface area contributed by atoms with Crippen LogP contribution in [0.4, 0.5) is 0 Å². The SMILES string of the molecule is NC1CCC(Cc2ccc(I)cc2)C1. The molecule has 76 valence electrons. The Hall–Kier alpha value is -0.0900. The molecule has 0 spiro atoms. The zero-order valence-corrected chi connectivity index (χ0v) is 10.4. The molecule has 1 saturated carbocycles. The second-order valence-corrected chi connectivity index (χ2v) is 5.52. The normalized spacial score (nSPS) is 26.7. The predicted octanol–water partition coefficient (Wildman–Crippen LogP) is 2.96. The summed E-state index contributed by atoms with van der Waals surface area (Å²) in [4.78, 5) is 0. The molecule has 2 N–H and O–H groups in total. The van der Waals surface area contributed by atoms with Gasteiger partial charge in [0.25, 0.3) is 0 Å². The summed E-state index contributed by atoms with van der Waals surface area (Å²) >= 11 is 2.34. The Kier molecular flexibility index (Phi) is 3.44.